The number of thiazole rings is 1. The molecule has 3 rings (SSSR count). The van der Waals surface area contributed by atoms with Crippen LogP contribution >= 0.6 is 11.3 Å². The molecule has 0 aliphatic carbocycles. The maximum Gasteiger partial charge on any atom is 0.239 e. The molecular weight excluding hydrogens is 308 g/mol. The molecule has 6 heteroatoms. The minimum absolute atomic E-state index is 0.0564. The summed E-state index contributed by atoms with van der Waals surface area (Å²) < 4.78 is 0. The van der Waals surface area contributed by atoms with Gasteiger partial charge in [0.15, 0.2) is 0 Å². The highest BCUT2D eigenvalue weighted by molar-refractivity contribution is 7.13. The Kier molecular flexibility index (Phi) is 5.05. The number of hydrogen-bond donors (Lipinski definition) is 2. The average molecular weight is 330 g/mol. The van der Waals surface area contributed by atoms with E-state index in [2.05, 4.69) is 40.0 Å². The van der Waals surface area contributed by atoms with E-state index in [0.717, 1.165) is 30.6 Å². The first-order valence-corrected chi connectivity index (χ1v) is 8.78. The van der Waals surface area contributed by atoms with E-state index in [1.165, 1.54) is 10.4 Å². The highest BCUT2D eigenvalue weighted by atomic mass is 32.1. The Balaban J connectivity index is 1.59. The van der Waals surface area contributed by atoms with E-state index in [-0.39, 0.29) is 11.9 Å². The molecule has 1 aromatic carbocycles. The normalized spacial score (nSPS) is 18.3. The third-order valence-corrected chi connectivity index (χ3v) is 5.25. The number of carbonyl (C=O) groups excluding carboxylic acids is 1. The molecular formula is C17H22N4OS. The Bertz CT molecular complexity index is 667. The van der Waals surface area contributed by atoms with Crippen LogP contribution in [0.25, 0.3) is 10.4 Å². The van der Waals surface area contributed by atoms with Gasteiger partial charge in [0, 0.05) is 13.1 Å². The molecule has 2 aromatic rings. The molecule has 5 nitrogen and oxygen atoms in total. The number of hydrazine groups is 1. The second-order valence-electron chi connectivity index (χ2n) is 5.76. The second-order valence-corrected chi connectivity index (χ2v) is 6.61. The van der Waals surface area contributed by atoms with Crippen LogP contribution in [0, 0.1) is 6.92 Å². The van der Waals surface area contributed by atoms with Crippen molar-refractivity contribution in [1.29, 1.82) is 0 Å². The van der Waals surface area contributed by atoms with Crippen LogP contribution in [-0.2, 0) is 11.3 Å². The summed E-state index contributed by atoms with van der Waals surface area (Å²) in [7, 11) is 1.87. The van der Waals surface area contributed by atoms with Gasteiger partial charge in [-0.3, -0.25) is 10.2 Å². The summed E-state index contributed by atoms with van der Waals surface area (Å²) in [4.78, 5) is 17.8. The van der Waals surface area contributed by atoms with Crippen LogP contribution < -0.4 is 10.7 Å². The van der Waals surface area contributed by atoms with Crippen molar-refractivity contribution in [2.75, 3.05) is 13.6 Å². The van der Waals surface area contributed by atoms with E-state index in [1.807, 2.05) is 24.5 Å². The van der Waals surface area contributed by atoms with Gasteiger partial charge >= 0.3 is 0 Å². The van der Waals surface area contributed by atoms with Crippen molar-refractivity contribution in [3.05, 3.63) is 41.0 Å². The first-order chi connectivity index (χ1) is 11.2. The summed E-state index contributed by atoms with van der Waals surface area (Å²) >= 11 is 1.65. The van der Waals surface area contributed by atoms with Crippen molar-refractivity contribution < 1.29 is 4.79 Å². The van der Waals surface area contributed by atoms with E-state index in [1.54, 1.807) is 11.3 Å². The number of aryl methyl sites for hydroxylation is 1. The Labute approximate surface area is 140 Å². The number of nitrogens with one attached hydrogen (secondary N) is 2. The quantitative estimate of drug-likeness (QED) is 0.883. The third-order valence-electron chi connectivity index (χ3n) is 4.27. The molecule has 0 bridgehead atoms. The number of carbonyl (C=O) groups is 1. The van der Waals surface area contributed by atoms with Crippen molar-refractivity contribution in [3.8, 4) is 10.4 Å². The molecule has 1 saturated heterocycles. The fraction of sp³-hybridized carbons (Fsp3) is 0.412. The smallest absolute Gasteiger partial charge is 0.239 e. The molecule has 1 amide bonds. The van der Waals surface area contributed by atoms with Gasteiger partial charge in [0.25, 0.3) is 0 Å². The number of rotatable bonds is 5. The van der Waals surface area contributed by atoms with E-state index in [9.17, 15) is 4.79 Å². The summed E-state index contributed by atoms with van der Waals surface area (Å²) in [6.07, 6.45) is 1.97. The number of benzene rings is 1. The van der Waals surface area contributed by atoms with Crippen molar-refractivity contribution in [2.45, 2.75) is 32.4 Å². The van der Waals surface area contributed by atoms with Crippen LogP contribution in [0.15, 0.2) is 29.8 Å². The van der Waals surface area contributed by atoms with E-state index >= 15 is 0 Å². The van der Waals surface area contributed by atoms with E-state index in [0.29, 0.717) is 6.54 Å². The monoisotopic (exact) mass is 330 g/mol. The Morgan fingerprint density at radius 1 is 1.39 bits per heavy atom. The molecule has 1 unspecified atom stereocenters. The molecule has 1 atom stereocenters. The van der Waals surface area contributed by atoms with E-state index < -0.39 is 0 Å². The van der Waals surface area contributed by atoms with Gasteiger partial charge in [0.05, 0.1) is 16.1 Å². The molecule has 122 valence electrons. The van der Waals surface area contributed by atoms with Crippen LogP contribution in [0.3, 0.4) is 0 Å². The fourth-order valence-corrected chi connectivity index (χ4v) is 3.78. The fourth-order valence-electron chi connectivity index (χ4n) is 2.97. The number of nitrogens with zero attached hydrogens (tertiary/aromatic N) is 2. The highest BCUT2D eigenvalue weighted by Gasteiger charge is 2.29. The Morgan fingerprint density at radius 2 is 2.17 bits per heavy atom. The van der Waals surface area contributed by atoms with Crippen LogP contribution in [0.5, 0.6) is 0 Å². The first kappa shape index (κ1) is 16.1. The van der Waals surface area contributed by atoms with Crippen molar-refractivity contribution in [2.24, 2.45) is 0 Å². The minimum atomic E-state index is -0.0564. The third kappa shape index (κ3) is 3.60. The second kappa shape index (κ2) is 7.21. The van der Waals surface area contributed by atoms with Gasteiger partial charge in [0.1, 0.15) is 6.04 Å². The van der Waals surface area contributed by atoms with Gasteiger partial charge in [0.2, 0.25) is 5.91 Å². The number of amides is 1. The van der Waals surface area contributed by atoms with Crippen LogP contribution in [0.2, 0.25) is 0 Å². The van der Waals surface area contributed by atoms with Gasteiger partial charge in [-0.2, -0.15) is 0 Å². The van der Waals surface area contributed by atoms with Crippen molar-refractivity contribution in [3.63, 3.8) is 0 Å². The molecule has 0 spiro atoms. The number of hydrogen-bond acceptors (Lipinski definition) is 5. The molecule has 1 aliphatic heterocycles. The molecule has 1 fully saturated rings. The summed E-state index contributed by atoms with van der Waals surface area (Å²) in [5.41, 5.74) is 8.31. The molecule has 23 heavy (non-hydrogen) atoms. The van der Waals surface area contributed by atoms with E-state index in [4.69, 9.17) is 0 Å². The van der Waals surface area contributed by atoms with Crippen molar-refractivity contribution >= 4 is 17.2 Å². The molecule has 1 aliphatic rings. The molecule has 2 N–H and O–H groups in total. The summed E-state index contributed by atoms with van der Waals surface area (Å²) in [5, 5.41) is 5.05. The van der Waals surface area contributed by atoms with Gasteiger partial charge < -0.3 is 5.32 Å². The highest BCUT2D eigenvalue weighted by Crippen LogP contribution is 2.27. The largest absolute Gasteiger partial charge is 0.351 e. The standard InChI is InChI=1S/C17H22N4OS/c1-12-16(23-11-20-12)14-7-5-13(6-8-14)10-19-17(22)15-4-3-9-21(15)18-2/h5-8,11,15,18H,3-4,9-10H2,1-2H3,(H,19,22). The summed E-state index contributed by atoms with van der Waals surface area (Å²) in [6, 6.07) is 8.27. The zero-order valence-corrected chi connectivity index (χ0v) is 14.3. The predicted octanol–water partition coefficient (Wildman–Crippen LogP) is 2.33. The lowest BCUT2D eigenvalue weighted by Gasteiger charge is -2.22. The maximum atomic E-state index is 12.3. The average Bonchev–Trinajstić information content (AvgIpc) is 3.21. The lowest BCUT2D eigenvalue weighted by atomic mass is 10.1. The molecule has 0 saturated carbocycles. The first-order valence-electron chi connectivity index (χ1n) is 7.90. The van der Waals surface area contributed by atoms with Gasteiger partial charge in [-0.15, -0.1) is 11.3 Å². The van der Waals surface area contributed by atoms with Crippen LogP contribution in [0.4, 0.5) is 0 Å². The minimum Gasteiger partial charge on any atom is -0.351 e. The summed E-state index contributed by atoms with van der Waals surface area (Å²) in [6.45, 7) is 3.52. The maximum absolute atomic E-state index is 12.3. The van der Waals surface area contributed by atoms with Crippen LogP contribution in [-0.4, -0.2) is 35.5 Å². The Hall–Kier alpha value is -1.76. The van der Waals surface area contributed by atoms with Gasteiger partial charge in [-0.25, -0.2) is 9.99 Å². The zero-order valence-electron chi connectivity index (χ0n) is 13.5. The lowest BCUT2D eigenvalue weighted by molar-refractivity contribution is -0.126. The molecule has 1 aromatic heterocycles. The van der Waals surface area contributed by atoms with Gasteiger partial charge in [-0.05, 0) is 37.9 Å². The molecule has 0 radical (unpaired) electrons. The van der Waals surface area contributed by atoms with Gasteiger partial charge in [-0.1, -0.05) is 24.3 Å². The zero-order chi connectivity index (χ0) is 16.2. The SMILES string of the molecule is CNN1CCCC1C(=O)NCc1ccc(-c2scnc2C)cc1. The topological polar surface area (TPSA) is 57.3 Å². The predicted molar refractivity (Wildman–Crippen MR) is 92.9 cm³/mol. The summed E-state index contributed by atoms with van der Waals surface area (Å²) in [5.74, 6) is 0.0965. The van der Waals surface area contributed by atoms with Crippen LogP contribution in [0.1, 0.15) is 24.1 Å². The Morgan fingerprint density at radius 3 is 2.83 bits per heavy atom. The molecule has 2 heterocycles. The number of aromatic nitrogens is 1. The lowest BCUT2D eigenvalue weighted by Crippen LogP contribution is -2.47. The van der Waals surface area contributed by atoms with Crippen molar-refractivity contribution in [1.82, 2.24) is 20.7 Å².